The predicted octanol–water partition coefficient (Wildman–Crippen LogP) is 2.38. The molecule has 0 bridgehead atoms. The monoisotopic (exact) mass is 262 g/mol. The molecule has 0 atom stereocenters. The van der Waals surface area contributed by atoms with Gasteiger partial charge in [0.05, 0.1) is 18.2 Å². The number of nitrogens with two attached hydrogens (primary N) is 1. The molecule has 0 heterocycles. The van der Waals surface area contributed by atoms with Crippen molar-refractivity contribution in [1.29, 1.82) is 0 Å². The second kappa shape index (κ2) is 5.21. The van der Waals surface area contributed by atoms with Crippen molar-refractivity contribution in [2.45, 2.75) is 33.1 Å². The van der Waals surface area contributed by atoms with Crippen LogP contribution in [0.4, 0.5) is 5.69 Å². The number of nitrogens with one attached hydrogen (secondary N) is 1. The molecule has 4 heteroatoms. The number of aryl methyl sites for hydroxylation is 2. The summed E-state index contributed by atoms with van der Waals surface area (Å²) in [6.45, 7) is 4.45. The minimum Gasteiger partial charge on any atom is -0.495 e. The number of carbonyl (C=O) groups excluding carboxylic acids is 1. The summed E-state index contributed by atoms with van der Waals surface area (Å²) in [5, 5.41) is 2.98. The number of rotatable bonds is 4. The minimum absolute atomic E-state index is 0.0165. The Labute approximate surface area is 114 Å². The normalized spacial score (nSPS) is 16.6. The van der Waals surface area contributed by atoms with E-state index in [0.717, 1.165) is 36.1 Å². The van der Waals surface area contributed by atoms with Crippen LogP contribution < -0.4 is 15.8 Å². The lowest BCUT2D eigenvalue weighted by atomic mass is 9.68. The van der Waals surface area contributed by atoms with Gasteiger partial charge in [-0.25, -0.2) is 0 Å². The number of hydrogen-bond donors (Lipinski definition) is 2. The highest BCUT2D eigenvalue weighted by molar-refractivity contribution is 5.97. The van der Waals surface area contributed by atoms with Crippen LogP contribution in [0.2, 0.25) is 0 Å². The van der Waals surface area contributed by atoms with Crippen molar-refractivity contribution in [2.24, 2.45) is 11.1 Å². The van der Waals surface area contributed by atoms with Gasteiger partial charge in [-0.05, 0) is 49.9 Å². The summed E-state index contributed by atoms with van der Waals surface area (Å²) in [5.41, 5.74) is 8.39. The molecule has 19 heavy (non-hydrogen) atoms. The molecule has 0 radical (unpaired) electrons. The molecular formula is C15H22N2O2. The molecule has 1 fully saturated rings. The van der Waals surface area contributed by atoms with E-state index in [1.54, 1.807) is 7.11 Å². The highest BCUT2D eigenvalue weighted by atomic mass is 16.5. The van der Waals surface area contributed by atoms with Crippen molar-refractivity contribution < 1.29 is 9.53 Å². The highest BCUT2D eigenvalue weighted by Crippen LogP contribution is 2.41. The number of hydrogen-bond acceptors (Lipinski definition) is 3. The van der Waals surface area contributed by atoms with Crippen LogP contribution in [-0.4, -0.2) is 19.6 Å². The average molecular weight is 262 g/mol. The third kappa shape index (κ3) is 2.45. The van der Waals surface area contributed by atoms with Crippen molar-refractivity contribution >= 4 is 11.6 Å². The Morgan fingerprint density at radius 2 is 2.00 bits per heavy atom. The van der Waals surface area contributed by atoms with E-state index in [1.807, 2.05) is 26.0 Å². The summed E-state index contributed by atoms with van der Waals surface area (Å²) >= 11 is 0. The lowest BCUT2D eigenvalue weighted by Gasteiger charge is -2.39. The second-order valence-electron chi connectivity index (χ2n) is 5.43. The van der Waals surface area contributed by atoms with Crippen LogP contribution in [0.15, 0.2) is 12.1 Å². The van der Waals surface area contributed by atoms with Crippen LogP contribution in [0.1, 0.15) is 30.4 Å². The van der Waals surface area contributed by atoms with Gasteiger partial charge >= 0.3 is 0 Å². The van der Waals surface area contributed by atoms with Gasteiger partial charge in [0.1, 0.15) is 5.75 Å². The Kier molecular flexibility index (Phi) is 3.80. The fraction of sp³-hybridized carbons (Fsp3) is 0.533. The fourth-order valence-corrected chi connectivity index (χ4v) is 2.44. The van der Waals surface area contributed by atoms with Gasteiger partial charge in [0, 0.05) is 6.54 Å². The fourth-order valence-electron chi connectivity index (χ4n) is 2.44. The van der Waals surface area contributed by atoms with Crippen molar-refractivity contribution in [3.63, 3.8) is 0 Å². The van der Waals surface area contributed by atoms with E-state index in [4.69, 9.17) is 10.5 Å². The second-order valence-corrected chi connectivity index (χ2v) is 5.43. The van der Waals surface area contributed by atoms with Crippen LogP contribution in [0, 0.1) is 19.3 Å². The van der Waals surface area contributed by atoms with Gasteiger partial charge in [0.25, 0.3) is 0 Å². The molecule has 1 aliphatic rings. The molecular weight excluding hydrogens is 240 g/mol. The van der Waals surface area contributed by atoms with Crippen molar-refractivity contribution in [2.75, 3.05) is 19.0 Å². The molecule has 3 N–H and O–H groups in total. The summed E-state index contributed by atoms with van der Waals surface area (Å²) in [7, 11) is 1.61. The average Bonchev–Trinajstić information content (AvgIpc) is 2.33. The maximum atomic E-state index is 12.4. The van der Waals surface area contributed by atoms with E-state index in [2.05, 4.69) is 5.32 Å². The van der Waals surface area contributed by atoms with Gasteiger partial charge in [-0.1, -0.05) is 6.42 Å². The molecule has 1 saturated carbocycles. The Hall–Kier alpha value is -1.55. The molecule has 104 valence electrons. The number of ether oxygens (including phenoxy) is 1. The minimum atomic E-state index is -0.371. The number of carbonyl (C=O) groups is 1. The zero-order chi connectivity index (χ0) is 14.0. The van der Waals surface area contributed by atoms with Crippen LogP contribution in [0.3, 0.4) is 0 Å². The number of anilines is 1. The first-order chi connectivity index (χ1) is 9.02. The maximum absolute atomic E-state index is 12.4. The Balaban J connectivity index is 2.23. The van der Waals surface area contributed by atoms with E-state index in [-0.39, 0.29) is 11.3 Å². The lowest BCUT2D eigenvalue weighted by molar-refractivity contribution is -0.129. The molecule has 0 saturated heterocycles. The molecule has 0 spiro atoms. The molecule has 1 aromatic rings. The zero-order valence-electron chi connectivity index (χ0n) is 11.9. The summed E-state index contributed by atoms with van der Waals surface area (Å²) in [6, 6.07) is 3.90. The van der Waals surface area contributed by atoms with E-state index < -0.39 is 0 Å². The van der Waals surface area contributed by atoms with Gasteiger partial charge < -0.3 is 15.8 Å². The molecule has 4 nitrogen and oxygen atoms in total. The van der Waals surface area contributed by atoms with E-state index in [9.17, 15) is 4.79 Å². The van der Waals surface area contributed by atoms with Crippen molar-refractivity contribution in [3.05, 3.63) is 23.3 Å². The van der Waals surface area contributed by atoms with Crippen LogP contribution in [0.25, 0.3) is 0 Å². The van der Waals surface area contributed by atoms with E-state index in [1.165, 1.54) is 0 Å². The van der Waals surface area contributed by atoms with Crippen LogP contribution in [-0.2, 0) is 4.79 Å². The Morgan fingerprint density at radius 3 is 2.47 bits per heavy atom. The molecule has 0 aliphatic heterocycles. The third-order valence-electron chi connectivity index (χ3n) is 4.25. The number of methoxy groups -OCH3 is 1. The van der Waals surface area contributed by atoms with E-state index >= 15 is 0 Å². The number of amides is 1. The summed E-state index contributed by atoms with van der Waals surface area (Å²) in [5.74, 6) is 0.714. The van der Waals surface area contributed by atoms with Gasteiger partial charge in [0.2, 0.25) is 5.91 Å². The molecule has 1 aromatic carbocycles. The van der Waals surface area contributed by atoms with Gasteiger partial charge in [-0.2, -0.15) is 0 Å². The standard InChI is InChI=1S/C15H22N2O2/c1-10-7-12(13(19-3)8-11(10)2)17-14(18)15(9-16)5-4-6-15/h7-8H,4-6,9,16H2,1-3H3,(H,17,18). The predicted molar refractivity (Wildman–Crippen MR) is 76.4 cm³/mol. The first-order valence-corrected chi connectivity index (χ1v) is 6.69. The SMILES string of the molecule is COc1cc(C)c(C)cc1NC(=O)C1(CN)CCC1. The molecule has 0 unspecified atom stereocenters. The number of benzene rings is 1. The first kappa shape index (κ1) is 13.9. The largest absolute Gasteiger partial charge is 0.495 e. The van der Waals surface area contributed by atoms with Gasteiger partial charge in [0.15, 0.2) is 0 Å². The van der Waals surface area contributed by atoms with Gasteiger partial charge in [-0.3, -0.25) is 4.79 Å². The highest BCUT2D eigenvalue weighted by Gasteiger charge is 2.43. The molecule has 1 amide bonds. The Bertz CT molecular complexity index is 488. The van der Waals surface area contributed by atoms with Crippen molar-refractivity contribution in [1.82, 2.24) is 0 Å². The topological polar surface area (TPSA) is 64.3 Å². The summed E-state index contributed by atoms with van der Waals surface area (Å²) in [6.07, 6.45) is 2.83. The van der Waals surface area contributed by atoms with Crippen LogP contribution >= 0.6 is 0 Å². The lowest BCUT2D eigenvalue weighted by Crippen LogP contribution is -2.47. The molecule has 0 aromatic heterocycles. The molecule has 1 aliphatic carbocycles. The summed E-state index contributed by atoms with van der Waals surface area (Å²) in [4.78, 5) is 12.4. The quantitative estimate of drug-likeness (QED) is 0.875. The zero-order valence-corrected chi connectivity index (χ0v) is 11.9. The third-order valence-corrected chi connectivity index (χ3v) is 4.25. The maximum Gasteiger partial charge on any atom is 0.231 e. The van der Waals surface area contributed by atoms with Crippen molar-refractivity contribution in [3.8, 4) is 5.75 Å². The Morgan fingerprint density at radius 1 is 1.37 bits per heavy atom. The van der Waals surface area contributed by atoms with Gasteiger partial charge in [-0.15, -0.1) is 0 Å². The summed E-state index contributed by atoms with van der Waals surface area (Å²) < 4.78 is 5.33. The molecule has 2 rings (SSSR count). The van der Waals surface area contributed by atoms with E-state index in [0.29, 0.717) is 12.3 Å². The first-order valence-electron chi connectivity index (χ1n) is 6.69. The smallest absolute Gasteiger partial charge is 0.231 e. The van der Waals surface area contributed by atoms with Crippen LogP contribution in [0.5, 0.6) is 5.75 Å².